The lowest BCUT2D eigenvalue weighted by Crippen LogP contribution is -2.35. The van der Waals surface area contributed by atoms with E-state index in [0.717, 1.165) is 21.6 Å². The van der Waals surface area contributed by atoms with Crippen molar-refractivity contribution in [3.8, 4) is 5.75 Å². The van der Waals surface area contributed by atoms with E-state index in [9.17, 15) is 0 Å². The summed E-state index contributed by atoms with van der Waals surface area (Å²) in [6, 6.07) is 6.03. The minimum atomic E-state index is 0.0550. The van der Waals surface area contributed by atoms with Crippen LogP contribution in [0.2, 0.25) is 0 Å². The van der Waals surface area contributed by atoms with Crippen LogP contribution in [0.3, 0.4) is 0 Å². The van der Waals surface area contributed by atoms with Crippen molar-refractivity contribution in [3.05, 3.63) is 44.3 Å². The number of nitrogens with zero attached hydrogens (tertiary/aromatic N) is 1. The number of hydrogen-bond donors (Lipinski definition) is 1. The summed E-state index contributed by atoms with van der Waals surface area (Å²) in [6.07, 6.45) is 0. The number of thiophene rings is 1. The summed E-state index contributed by atoms with van der Waals surface area (Å²) in [5, 5.41) is 5.51. The molecule has 0 aliphatic heterocycles. The summed E-state index contributed by atoms with van der Waals surface area (Å²) in [5.41, 5.74) is 2.02. The van der Waals surface area contributed by atoms with Crippen molar-refractivity contribution in [2.75, 3.05) is 0 Å². The third-order valence-electron chi connectivity index (χ3n) is 2.91. The van der Waals surface area contributed by atoms with E-state index in [1.807, 2.05) is 25.1 Å². The van der Waals surface area contributed by atoms with Crippen LogP contribution in [0, 0.1) is 6.92 Å². The Morgan fingerprint density at radius 1 is 1.29 bits per heavy atom. The van der Waals surface area contributed by atoms with Gasteiger partial charge in [-0.2, -0.15) is 0 Å². The van der Waals surface area contributed by atoms with Crippen molar-refractivity contribution in [2.24, 2.45) is 0 Å². The van der Waals surface area contributed by atoms with Gasteiger partial charge in [-0.25, -0.2) is 0 Å². The van der Waals surface area contributed by atoms with Crippen LogP contribution in [0.25, 0.3) is 0 Å². The number of halogens is 1. The molecule has 0 amide bonds. The number of aryl methyl sites for hydroxylation is 1. The first-order valence-corrected chi connectivity index (χ1v) is 8.58. The lowest BCUT2D eigenvalue weighted by Gasteiger charge is -2.21. The van der Waals surface area contributed by atoms with Crippen molar-refractivity contribution in [2.45, 2.75) is 46.4 Å². The van der Waals surface area contributed by atoms with Crippen LogP contribution in [-0.4, -0.2) is 10.5 Å². The molecule has 0 fully saturated rings. The SMILES string of the molecule is Cc1ccc(OCc2sccc2Br)c(CNC(C)(C)C)n1. The summed E-state index contributed by atoms with van der Waals surface area (Å²) in [4.78, 5) is 5.79. The molecule has 114 valence electrons. The van der Waals surface area contributed by atoms with Crippen LogP contribution in [0.4, 0.5) is 0 Å². The quantitative estimate of drug-likeness (QED) is 0.831. The molecule has 21 heavy (non-hydrogen) atoms. The molecule has 5 heteroatoms. The number of ether oxygens (including phenoxy) is 1. The highest BCUT2D eigenvalue weighted by Crippen LogP contribution is 2.25. The highest BCUT2D eigenvalue weighted by molar-refractivity contribution is 9.10. The van der Waals surface area contributed by atoms with Crippen LogP contribution in [0.15, 0.2) is 28.1 Å². The first-order valence-electron chi connectivity index (χ1n) is 6.91. The fourth-order valence-electron chi connectivity index (χ4n) is 1.78. The first-order chi connectivity index (χ1) is 9.85. The van der Waals surface area contributed by atoms with Gasteiger partial charge in [-0.15, -0.1) is 11.3 Å². The fraction of sp³-hybridized carbons (Fsp3) is 0.438. The summed E-state index contributed by atoms with van der Waals surface area (Å²) in [5.74, 6) is 0.845. The molecule has 2 aromatic heterocycles. The smallest absolute Gasteiger partial charge is 0.142 e. The maximum absolute atomic E-state index is 5.96. The number of pyridine rings is 1. The first kappa shape index (κ1) is 16.5. The van der Waals surface area contributed by atoms with E-state index >= 15 is 0 Å². The van der Waals surface area contributed by atoms with E-state index in [-0.39, 0.29) is 5.54 Å². The molecule has 2 aromatic rings. The molecule has 0 aliphatic carbocycles. The zero-order valence-electron chi connectivity index (χ0n) is 12.9. The van der Waals surface area contributed by atoms with Crippen LogP contribution >= 0.6 is 27.3 Å². The van der Waals surface area contributed by atoms with Crippen LogP contribution in [0.1, 0.15) is 37.0 Å². The summed E-state index contributed by atoms with van der Waals surface area (Å²) in [7, 11) is 0. The molecule has 0 atom stereocenters. The van der Waals surface area contributed by atoms with Gasteiger partial charge in [0, 0.05) is 22.3 Å². The maximum Gasteiger partial charge on any atom is 0.142 e. The molecule has 0 aromatic carbocycles. The van der Waals surface area contributed by atoms with E-state index < -0.39 is 0 Å². The second-order valence-corrected chi connectivity index (χ2v) is 7.84. The number of aromatic nitrogens is 1. The third-order valence-corrected chi connectivity index (χ3v) is 4.81. The molecule has 0 unspecified atom stereocenters. The number of hydrogen-bond acceptors (Lipinski definition) is 4. The Bertz CT molecular complexity index is 605. The van der Waals surface area contributed by atoms with Crippen molar-refractivity contribution < 1.29 is 4.74 Å². The van der Waals surface area contributed by atoms with Gasteiger partial charge in [-0.1, -0.05) is 0 Å². The summed E-state index contributed by atoms with van der Waals surface area (Å²) in [6.45, 7) is 9.70. The largest absolute Gasteiger partial charge is 0.486 e. The van der Waals surface area contributed by atoms with Crippen LogP contribution < -0.4 is 10.1 Å². The average Bonchev–Trinajstić information content (AvgIpc) is 2.80. The van der Waals surface area contributed by atoms with Gasteiger partial charge in [-0.05, 0) is 67.2 Å². The molecule has 1 N–H and O–H groups in total. The minimum absolute atomic E-state index is 0.0550. The molecule has 0 aliphatic rings. The highest BCUT2D eigenvalue weighted by Gasteiger charge is 2.13. The second kappa shape index (κ2) is 6.90. The molecule has 0 saturated heterocycles. The van der Waals surface area contributed by atoms with Crippen molar-refractivity contribution in [3.63, 3.8) is 0 Å². The zero-order valence-corrected chi connectivity index (χ0v) is 15.3. The van der Waals surface area contributed by atoms with Gasteiger partial charge in [0.05, 0.1) is 10.6 Å². The lowest BCUT2D eigenvalue weighted by atomic mass is 10.1. The van der Waals surface area contributed by atoms with E-state index in [1.165, 1.54) is 4.88 Å². The Hall–Kier alpha value is -0.910. The number of rotatable bonds is 5. The Balaban J connectivity index is 2.09. The average molecular weight is 369 g/mol. The summed E-state index contributed by atoms with van der Waals surface area (Å²) >= 11 is 5.22. The Kier molecular flexibility index (Phi) is 5.41. The van der Waals surface area contributed by atoms with Gasteiger partial charge in [0.25, 0.3) is 0 Å². The minimum Gasteiger partial charge on any atom is -0.486 e. The van der Waals surface area contributed by atoms with Gasteiger partial charge >= 0.3 is 0 Å². The monoisotopic (exact) mass is 368 g/mol. The highest BCUT2D eigenvalue weighted by atomic mass is 79.9. The number of nitrogens with one attached hydrogen (secondary N) is 1. The Morgan fingerprint density at radius 3 is 2.67 bits per heavy atom. The Morgan fingerprint density at radius 2 is 2.05 bits per heavy atom. The van der Waals surface area contributed by atoms with E-state index in [2.05, 4.69) is 52.4 Å². The van der Waals surface area contributed by atoms with Gasteiger partial charge in [0.2, 0.25) is 0 Å². The van der Waals surface area contributed by atoms with Gasteiger partial charge in [0.1, 0.15) is 12.4 Å². The lowest BCUT2D eigenvalue weighted by molar-refractivity contribution is 0.300. The second-order valence-electron chi connectivity index (χ2n) is 5.98. The molecule has 2 heterocycles. The molecular weight excluding hydrogens is 348 g/mol. The molecule has 3 nitrogen and oxygen atoms in total. The third kappa shape index (κ3) is 5.09. The predicted octanol–water partition coefficient (Wildman–Crippen LogP) is 4.68. The maximum atomic E-state index is 5.96. The topological polar surface area (TPSA) is 34.1 Å². The van der Waals surface area contributed by atoms with Crippen LogP contribution in [0.5, 0.6) is 5.75 Å². The van der Waals surface area contributed by atoms with Crippen molar-refractivity contribution >= 4 is 27.3 Å². The predicted molar refractivity (Wildman–Crippen MR) is 91.9 cm³/mol. The molecule has 2 rings (SSSR count). The standard InChI is InChI=1S/C16H21BrN2OS/c1-11-5-6-14(13(19-11)9-18-16(2,3)4)20-10-15-12(17)7-8-21-15/h5-8,18H,9-10H2,1-4H3. The summed E-state index contributed by atoms with van der Waals surface area (Å²) < 4.78 is 7.06. The fourth-order valence-corrected chi connectivity index (χ4v) is 3.15. The van der Waals surface area contributed by atoms with E-state index in [4.69, 9.17) is 4.74 Å². The molecule has 0 bridgehead atoms. The molecule has 0 radical (unpaired) electrons. The molecular formula is C16H21BrN2OS. The normalized spacial score (nSPS) is 11.7. The van der Waals surface area contributed by atoms with Crippen molar-refractivity contribution in [1.29, 1.82) is 0 Å². The van der Waals surface area contributed by atoms with E-state index in [1.54, 1.807) is 11.3 Å². The molecule has 0 spiro atoms. The van der Waals surface area contributed by atoms with Gasteiger partial charge in [-0.3, -0.25) is 4.98 Å². The van der Waals surface area contributed by atoms with Gasteiger partial charge in [0.15, 0.2) is 0 Å². The molecule has 0 saturated carbocycles. The van der Waals surface area contributed by atoms with Gasteiger partial charge < -0.3 is 10.1 Å². The Labute approximate surface area is 138 Å². The van der Waals surface area contributed by atoms with Crippen molar-refractivity contribution in [1.82, 2.24) is 10.3 Å². The van der Waals surface area contributed by atoms with E-state index in [0.29, 0.717) is 13.2 Å². The zero-order chi connectivity index (χ0) is 15.5. The van der Waals surface area contributed by atoms with Crippen LogP contribution in [-0.2, 0) is 13.2 Å².